The largest absolute Gasteiger partial charge is 0.481 e. The Kier molecular flexibility index (Phi) is 4.61. The number of anilines is 1. The molecule has 0 heterocycles. The van der Waals surface area contributed by atoms with Gasteiger partial charge in [-0.25, -0.2) is 0 Å². The normalized spacial score (nSPS) is 14.5. The summed E-state index contributed by atoms with van der Waals surface area (Å²) in [5.41, 5.74) is 3.42. The van der Waals surface area contributed by atoms with Crippen LogP contribution >= 0.6 is 0 Å². The summed E-state index contributed by atoms with van der Waals surface area (Å²) in [6, 6.07) is 20.2. The van der Waals surface area contributed by atoms with E-state index in [0.717, 1.165) is 35.1 Å². The molecule has 132 valence electrons. The zero-order valence-corrected chi connectivity index (χ0v) is 15.0. The molecule has 3 aromatic carbocycles. The Morgan fingerprint density at radius 1 is 0.962 bits per heavy atom. The monoisotopic (exact) mass is 345 g/mol. The number of fused-ring (bicyclic) bond motifs is 2. The molecule has 0 saturated carbocycles. The van der Waals surface area contributed by atoms with Gasteiger partial charge in [0.25, 0.3) is 5.91 Å². The van der Waals surface area contributed by atoms with Crippen molar-refractivity contribution in [3.63, 3.8) is 0 Å². The van der Waals surface area contributed by atoms with E-state index in [-0.39, 0.29) is 5.91 Å². The van der Waals surface area contributed by atoms with Crippen LogP contribution in [0.1, 0.15) is 30.9 Å². The molecule has 1 aliphatic rings. The van der Waals surface area contributed by atoms with Crippen molar-refractivity contribution in [1.29, 1.82) is 0 Å². The number of rotatable bonds is 4. The lowest BCUT2D eigenvalue weighted by molar-refractivity contribution is -0.122. The topological polar surface area (TPSA) is 38.3 Å². The van der Waals surface area contributed by atoms with Crippen molar-refractivity contribution < 1.29 is 9.53 Å². The van der Waals surface area contributed by atoms with Crippen molar-refractivity contribution in [3.8, 4) is 5.75 Å². The Labute approximate surface area is 154 Å². The Hall–Kier alpha value is -2.81. The van der Waals surface area contributed by atoms with Crippen LogP contribution in [-0.2, 0) is 17.6 Å². The van der Waals surface area contributed by atoms with Crippen LogP contribution in [0.3, 0.4) is 0 Å². The zero-order valence-electron chi connectivity index (χ0n) is 15.0. The van der Waals surface area contributed by atoms with Gasteiger partial charge in [-0.1, -0.05) is 42.5 Å². The van der Waals surface area contributed by atoms with Crippen LogP contribution in [-0.4, -0.2) is 12.0 Å². The molecule has 1 atom stereocenters. The highest BCUT2D eigenvalue weighted by Gasteiger charge is 2.19. The van der Waals surface area contributed by atoms with Crippen LogP contribution in [0.5, 0.6) is 5.75 Å². The predicted octanol–water partition coefficient (Wildman–Crippen LogP) is 5.12. The fourth-order valence-corrected chi connectivity index (χ4v) is 3.61. The van der Waals surface area contributed by atoms with E-state index in [1.165, 1.54) is 24.0 Å². The molecule has 3 nitrogen and oxygen atoms in total. The van der Waals surface area contributed by atoms with Crippen molar-refractivity contribution in [2.24, 2.45) is 0 Å². The summed E-state index contributed by atoms with van der Waals surface area (Å²) in [4.78, 5) is 12.6. The van der Waals surface area contributed by atoms with Crippen molar-refractivity contribution in [1.82, 2.24) is 0 Å². The first-order valence-corrected chi connectivity index (χ1v) is 9.28. The molecule has 0 aliphatic heterocycles. The van der Waals surface area contributed by atoms with Crippen LogP contribution in [0.4, 0.5) is 5.69 Å². The summed E-state index contributed by atoms with van der Waals surface area (Å²) in [5.74, 6) is 0.719. The molecule has 0 radical (unpaired) electrons. The van der Waals surface area contributed by atoms with Gasteiger partial charge in [0.05, 0.1) is 0 Å². The second-order valence-electron chi connectivity index (χ2n) is 6.91. The third-order valence-electron chi connectivity index (χ3n) is 5.04. The predicted molar refractivity (Wildman–Crippen MR) is 106 cm³/mol. The molecule has 0 spiro atoms. The Balaban J connectivity index is 1.48. The van der Waals surface area contributed by atoms with Crippen molar-refractivity contribution in [2.75, 3.05) is 5.32 Å². The first-order chi connectivity index (χ1) is 12.7. The van der Waals surface area contributed by atoms with E-state index in [0.29, 0.717) is 0 Å². The maximum absolute atomic E-state index is 12.6. The Morgan fingerprint density at radius 2 is 1.77 bits per heavy atom. The number of carbonyl (C=O) groups is 1. The van der Waals surface area contributed by atoms with Crippen LogP contribution in [0.15, 0.2) is 60.7 Å². The van der Waals surface area contributed by atoms with Crippen molar-refractivity contribution in [3.05, 3.63) is 71.8 Å². The number of ether oxygens (including phenoxy) is 1. The van der Waals surface area contributed by atoms with Gasteiger partial charge in [0.15, 0.2) is 6.10 Å². The fourth-order valence-electron chi connectivity index (χ4n) is 3.61. The van der Waals surface area contributed by atoms with Gasteiger partial charge in [-0.15, -0.1) is 0 Å². The highest BCUT2D eigenvalue weighted by atomic mass is 16.5. The minimum Gasteiger partial charge on any atom is -0.481 e. The van der Waals surface area contributed by atoms with E-state index >= 15 is 0 Å². The third-order valence-corrected chi connectivity index (χ3v) is 5.04. The molecule has 1 amide bonds. The van der Waals surface area contributed by atoms with Crippen LogP contribution in [0, 0.1) is 0 Å². The number of amides is 1. The third kappa shape index (κ3) is 3.43. The molecule has 1 N–H and O–H groups in total. The second kappa shape index (κ2) is 7.20. The summed E-state index contributed by atoms with van der Waals surface area (Å²) in [6.45, 7) is 1.80. The first-order valence-electron chi connectivity index (χ1n) is 9.28. The maximum atomic E-state index is 12.6. The van der Waals surface area contributed by atoms with E-state index in [1.54, 1.807) is 6.92 Å². The molecular weight excluding hydrogens is 322 g/mol. The average molecular weight is 345 g/mol. The van der Waals surface area contributed by atoms with Crippen LogP contribution in [0.2, 0.25) is 0 Å². The number of aryl methyl sites for hydroxylation is 1. The molecule has 4 rings (SSSR count). The van der Waals surface area contributed by atoms with E-state index in [4.69, 9.17) is 4.74 Å². The molecule has 0 bridgehead atoms. The molecule has 0 fully saturated rings. The van der Waals surface area contributed by atoms with E-state index in [9.17, 15) is 4.79 Å². The highest BCUT2D eigenvalue weighted by molar-refractivity contribution is 5.96. The van der Waals surface area contributed by atoms with Gasteiger partial charge >= 0.3 is 0 Å². The summed E-state index contributed by atoms with van der Waals surface area (Å²) < 4.78 is 6.02. The lowest BCUT2D eigenvalue weighted by Crippen LogP contribution is -2.30. The summed E-state index contributed by atoms with van der Waals surface area (Å²) in [5, 5.41) is 5.24. The molecule has 1 unspecified atom stereocenters. The van der Waals surface area contributed by atoms with E-state index in [2.05, 4.69) is 17.4 Å². The van der Waals surface area contributed by atoms with Gasteiger partial charge in [0.2, 0.25) is 0 Å². The minimum absolute atomic E-state index is 0.131. The SMILES string of the molecule is CC(Oc1cccc2c1CCCC2)C(=O)Nc1ccc2ccccc2c1. The highest BCUT2D eigenvalue weighted by Crippen LogP contribution is 2.30. The summed E-state index contributed by atoms with van der Waals surface area (Å²) >= 11 is 0. The van der Waals surface area contributed by atoms with E-state index < -0.39 is 6.10 Å². The number of hydrogen-bond donors (Lipinski definition) is 1. The second-order valence-corrected chi connectivity index (χ2v) is 6.91. The average Bonchev–Trinajstić information content (AvgIpc) is 2.68. The van der Waals surface area contributed by atoms with E-state index in [1.807, 2.05) is 48.5 Å². The van der Waals surface area contributed by atoms with Crippen molar-refractivity contribution in [2.45, 2.75) is 38.7 Å². The van der Waals surface area contributed by atoms with Crippen LogP contribution < -0.4 is 10.1 Å². The lowest BCUT2D eigenvalue weighted by Gasteiger charge is -2.22. The zero-order chi connectivity index (χ0) is 17.9. The number of benzene rings is 3. The van der Waals surface area contributed by atoms with Gasteiger partial charge in [0.1, 0.15) is 5.75 Å². The molecule has 0 aromatic heterocycles. The molecule has 26 heavy (non-hydrogen) atoms. The molecule has 1 aliphatic carbocycles. The number of hydrogen-bond acceptors (Lipinski definition) is 2. The lowest BCUT2D eigenvalue weighted by atomic mass is 9.91. The maximum Gasteiger partial charge on any atom is 0.265 e. The van der Waals surface area contributed by atoms with Gasteiger partial charge in [-0.05, 0) is 72.7 Å². The molecule has 3 heteroatoms. The quantitative estimate of drug-likeness (QED) is 0.712. The summed E-state index contributed by atoms with van der Waals surface area (Å²) in [6.07, 6.45) is 4.00. The number of carbonyl (C=O) groups excluding carboxylic acids is 1. The molecular formula is C23H23NO2. The van der Waals surface area contributed by atoms with Crippen molar-refractivity contribution >= 4 is 22.4 Å². The van der Waals surface area contributed by atoms with Gasteiger partial charge in [-0.3, -0.25) is 4.79 Å². The summed E-state index contributed by atoms with van der Waals surface area (Å²) in [7, 11) is 0. The standard InChI is InChI=1S/C23H23NO2/c1-16(26-22-12-6-10-18-8-4-5-11-21(18)22)23(25)24-20-14-13-17-7-2-3-9-19(17)15-20/h2-3,6-7,9-10,12-16H,4-5,8,11H2,1H3,(H,24,25). The Morgan fingerprint density at radius 3 is 2.65 bits per heavy atom. The van der Waals surface area contributed by atoms with Gasteiger partial charge in [-0.2, -0.15) is 0 Å². The van der Waals surface area contributed by atoms with Crippen LogP contribution in [0.25, 0.3) is 10.8 Å². The number of nitrogens with one attached hydrogen (secondary N) is 1. The smallest absolute Gasteiger partial charge is 0.265 e. The fraction of sp³-hybridized carbons (Fsp3) is 0.261. The van der Waals surface area contributed by atoms with Gasteiger partial charge < -0.3 is 10.1 Å². The minimum atomic E-state index is -0.546. The molecule has 0 saturated heterocycles. The Bertz CT molecular complexity index is 948. The first kappa shape index (κ1) is 16.6. The molecule has 3 aromatic rings. The van der Waals surface area contributed by atoms with Gasteiger partial charge in [0, 0.05) is 5.69 Å².